The fourth-order valence-electron chi connectivity index (χ4n) is 8.17. The van der Waals surface area contributed by atoms with E-state index in [9.17, 15) is 19.2 Å². The number of likely N-dealkylation sites (tertiary alicyclic amines) is 2. The quantitative estimate of drug-likeness (QED) is 0.0910. The maximum atomic E-state index is 13.8. The van der Waals surface area contributed by atoms with Crippen LogP contribution < -0.4 is 10.6 Å². The van der Waals surface area contributed by atoms with Crippen LogP contribution in [-0.4, -0.2) is 111 Å². The van der Waals surface area contributed by atoms with Crippen molar-refractivity contribution in [1.82, 2.24) is 45.4 Å². The molecule has 2 fully saturated rings. The first-order valence-electron chi connectivity index (χ1n) is 20.4. The van der Waals surface area contributed by atoms with Crippen molar-refractivity contribution in [3.8, 4) is 22.4 Å². The van der Waals surface area contributed by atoms with E-state index >= 15 is 0 Å². The van der Waals surface area contributed by atoms with E-state index in [-0.39, 0.29) is 29.8 Å². The minimum atomic E-state index is -0.728. The van der Waals surface area contributed by atoms with Gasteiger partial charge in [0, 0.05) is 43.4 Å². The molecule has 5 aromatic rings. The first-order valence-corrected chi connectivity index (χ1v) is 20.4. The molecule has 5 heterocycles. The summed E-state index contributed by atoms with van der Waals surface area (Å²) in [5, 5.41) is 6.38. The third-order valence-electron chi connectivity index (χ3n) is 11.3. The molecule has 0 bridgehead atoms. The van der Waals surface area contributed by atoms with Crippen LogP contribution in [0.5, 0.6) is 0 Å². The topological polar surface area (TPSA) is 197 Å². The van der Waals surface area contributed by atoms with Crippen molar-refractivity contribution in [1.29, 1.82) is 0 Å². The normalized spacial score (nSPS) is 17.7. The Morgan fingerprint density at radius 2 is 1.49 bits per heavy atom. The van der Waals surface area contributed by atoms with Gasteiger partial charge >= 0.3 is 12.2 Å². The number of imidazole rings is 2. The monoisotopic (exact) mass is 807 g/mol. The lowest BCUT2D eigenvalue weighted by Gasteiger charge is -2.29. The van der Waals surface area contributed by atoms with Crippen LogP contribution >= 0.6 is 0 Å². The number of methoxy groups -OCH3 is 2. The molecule has 4 unspecified atom stereocenters. The number of amides is 4. The highest BCUT2D eigenvalue weighted by atomic mass is 16.5. The van der Waals surface area contributed by atoms with Crippen LogP contribution in [0.3, 0.4) is 0 Å². The van der Waals surface area contributed by atoms with Gasteiger partial charge in [-0.2, -0.15) is 0 Å². The number of alkyl carbamates (subject to hydrolysis) is 2. The average molecular weight is 808 g/mol. The van der Waals surface area contributed by atoms with E-state index in [1.807, 2.05) is 50.1 Å². The number of carbonyl (C=O) groups is 4. The lowest BCUT2D eigenvalue weighted by Crippen LogP contribution is -2.51. The number of nitrogens with zero attached hydrogens (tertiary/aromatic N) is 5. The first kappa shape index (κ1) is 41.1. The Labute approximate surface area is 342 Å². The van der Waals surface area contributed by atoms with Gasteiger partial charge in [-0.15, -0.1) is 0 Å². The van der Waals surface area contributed by atoms with E-state index in [2.05, 4.69) is 44.9 Å². The summed E-state index contributed by atoms with van der Waals surface area (Å²) in [5.74, 6) is 0.979. The molecule has 2 saturated heterocycles. The Kier molecular flexibility index (Phi) is 12.7. The highest BCUT2D eigenvalue weighted by Crippen LogP contribution is 2.35. The third-order valence-corrected chi connectivity index (χ3v) is 11.3. The van der Waals surface area contributed by atoms with Gasteiger partial charge in [-0.25, -0.2) is 19.6 Å². The number of H-pyrrole nitrogens is 2. The van der Waals surface area contributed by atoms with E-state index in [0.29, 0.717) is 45.0 Å². The predicted molar refractivity (Wildman–Crippen MR) is 221 cm³/mol. The molecule has 0 aliphatic carbocycles. The van der Waals surface area contributed by atoms with Crippen molar-refractivity contribution in [2.75, 3.05) is 40.5 Å². The van der Waals surface area contributed by atoms with Gasteiger partial charge in [0.1, 0.15) is 23.7 Å². The lowest BCUT2D eigenvalue weighted by atomic mass is 10.0. The standard InChI is InChI=1S/C43H53N9O7/c1-6-59-19-9-10-31(49-42(55)57-4)40(53)51-17-7-11-35(51)38-45-24-34(48-38)29-20-28-14-13-26(21-32(28)44-23-29)27-15-16-30-33(22-27)47-39(46-30)36-12-8-18-52(36)41(54)37(25(2)3)50-43(56)58-5/h13-16,20-25,31,35-37H,6-12,17-19H2,1-5H3,(H,45,48)(H,46,47)(H,49,55)(H,50,56). The number of nitrogens with one attached hydrogen (secondary N) is 4. The molecule has 0 saturated carbocycles. The second-order valence-corrected chi connectivity index (χ2v) is 15.4. The number of fused-ring (bicyclic) bond motifs is 2. The number of carbonyl (C=O) groups excluding carboxylic acids is 4. The van der Waals surface area contributed by atoms with Gasteiger partial charge in [0.05, 0.1) is 54.7 Å². The number of hydrogen-bond acceptors (Lipinski definition) is 10. The maximum absolute atomic E-state index is 13.8. The molecule has 4 atom stereocenters. The molecule has 2 aromatic carbocycles. The summed E-state index contributed by atoms with van der Waals surface area (Å²) in [6.07, 6.45) is 6.55. The van der Waals surface area contributed by atoms with Crippen LogP contribution in [-0.2, 0) is 23.8 Å². The van der Waals surface area contributed by atoms with Crippen molar-refractivity contribution in [2.45, 2.75) is 83.5 Å². The second-order valence-electron chi connectivity index (χ2n) is 15.4. The van der Waals surface area contributed by atoms with E-state index in [0.717, 1.165) is 75.8 Å². The van der Waals surface area contributed by atoms with E-state index in [1.165, 1.54) is 14.2 Å². The SMILES string of the molecule is CCOCCCC(NC(=O)OC)C(=O)N1CCCC1c1ncc(-c2cnc3cc(-c4ccc5nc(C6CCCN6C(=O)C(NC(=O)OC)C(C)C)[nH]c5c4)ccc3c2)[nH]1. The molecule has 0 spiro atoms. The number of aromatic amines is 2. The molecule has 16 heteroatoms. The fourth-order valence-corrected chi connectivity index (χ4v) is 8.17. The molecule has 312 valence electrons. The molecule has 59 heavy (non-hydrogen) atoms. The maximum Gasteiger partial charge on any atom is 0.407 e. The zero-order valence-corrected chi connectivity index (χ0v) is 34.2. The van der Waals surface area contributed by atoms with E-state index in [1.54, 1.807) is 11.1 Å². The van der Waals surface area contributed by atoms with Gasteiger partial charge in [-0.05, 0) is 86.8 Å². The summed E-state index contributed by atoms with van der Waals surface area (Å²) in [5.41, 5.74) is 6.15. The second kappa shape index (κ2) is 18.3. The highest BCUT2D eigenvalue weighted by molar-refractivity contribution is 5.90. The Balaban J connectivity index is 1.05. The van der Waals surface area contributed by atoms with Crippen LogP contribution in [0.1, 0.15) is 83.0 Å². The lowest BCUT2D eigenvalue weighted by molar-refractivity contribution is -0.136. The molecule has 3 aromatic heterocycles. The Morgan fingerprint density at radius 1 is 0.797 bits per heavy atom. The van der Waals surface area contributed by atoms with E-state index in [4.69, 9.17) is 29.2 Å². The van der Waals surface area contributed by atoms with Crippen LogP contribution in [0, 0.1) is 5.92 Å². The van der Waals surface area contributed by atoms with Crippen LogP contribution in [0.2, 0.25) is 0 Å². The molecular weight excluding hydrogens is 755 g/mol. The summed E-state index contributed by atoms with van der Waals surface area (Å²) in [7, 11) is 2.57. The van der Waals surface area contributed by atoms with E-state index < -0.39 is 24.3 Å². The molecule has 4 amide bonds. The van der Waals surface area contributed by atoms with Crippen LogP contribution in [0.15, 0.2) is 54.9 Å². The number of hydrogen-bond donors (Lipinski definition) is 4. The van der Waals surface area contributed by atoms with Gasteiger partial charge in [0.25, 0.3) is 0 Å². The fraction of sp³-hybridized carbons (Fsp3) is 0.465. The molecule has 2 aliphatic heterocycles. The van der Waals surface area contributed by atoms with Crippen molar-refractivity contribution in [3.05, 3.63) is 66.5 Å². The van der Waals surface area contributed by atoms with Gasteiger partial charge in [-0.3, -0.25) is 14.6 Å². The summed E-state index contributed by atoms with van der Waals surface area (Å²) >= 11 is 0. The number of rotatable bonds is 14. The predicted octanol–water partition coefficient (Wildman–Crippen LogP) is 6.42. The Hall–Kier alpha value is -6.03. The molecule has 2 aliphatic rings. The smallest absolute Gasteiger partial charge is 0.407 e. The number of aromatic nitrogens is 5. The zero-order valence-electron chi connectivity index (χ0n) is 34.2. The van der Waals surface area contributed by atoms with Crippen molar-refractivity contribution in [3.63, 3.8) is 0 Å². The zero-order chi connectivity index (χ0) is 41.6. The first-order chi connectivity index (χ1) is 28.6. The Morgan fingerprint density at radius 3 is 2.22 bits per heavy atom. The number of pyridine rings is 1. The summed E-state index contributed by atoms with van der Waals surface area (Å²) in [6.45, 7) is 7.96. The summed E-state index contributed by atoms with van der Waals surface area (Å²) in [4.78, 5) is 76.5. The van der Waals surface area contributed by atoms with Crippen molar-refractivity contribution in [2.24, 2.45) is 5.92 Å². The summed E-state index contributed by atoms with van der Waals surface area (Å²) in [6, 6.07) is 12.4. The van der Waals surface area contributed by atoms with Crippen molar-refractivity contribution >= 4 is 45.9 Å². The third kappa shape index (κ3) is 9.02. The van der Waals surface area contributed by atoms with Gasteiger partial charge < -0.3 is 44.6 Å². The van der Waals surface area contributed by atoms with Gasteiger partial charge in [-0.1, -0.05) is 32.0 Å². The largest absolute Gasteiger partial charge is 0.453 e. The molecule has 0 radical (unpaired) electrons. The van der Waals surface area contributed by atoms with Gasteiger partial charge in [0.2, 0.25) is 11.8 Å². The van der Waals surface area contributed by atoms with Crippen molar-refractivity contribution < 1.29 is 33.4 Å². The molecule has 4 N–H and O–H groups in total. The van der Waals surface area contributed by atoms with Crippen LogP contribution in [0.25, 0.3) is 44.3 Å². The minimum absolute atomic E-state index is 0.117. The average Bonchev–Trinajstić information content (AvgIpc) is 4.09. The highest BCUT2D eigenvalue weighted by Gasteiger charge is 2.38. The van der Waals surface area contributed by atoms with Gasteiger partial charge in [0.15, 0.2) is 0 Å². The Bertz CT molecular complexity index is 2310. The number of benzene rings is 2. The number of ether oxygens (including phenoxy) is 3. The molecule has 16 nitrogen and oxygen atoms in total. The summed E-state index contributed by atoms with van der Waals surface area (Å²) < 4.78 is 15.0. The van der Waals surface area contributed by atoms with Crippen LogP contribution in [0.4, 0.5) is 9.59 Å². The minimum Gasteiger partial charge on any atom is -0.453 e. The molecular formula is C43H53N9O7. The molecule has 7 rings (SSSR count).